The molecule has 6 nitrogen and oxygen atoms in total. The summed E-state index contributed by atoms with van der Waals surface area (Å²) in [6.45, 7) is 0.563. The predicted molar refractivity (Wildman–Crippen MR) is 45.1 cm³/mol. The number of esters is 1. The van der Waals surface area contributed by atoms with Crippen molar-refractivity contribution in [2.24, 2.45) is 5.73 Å². The first-order chi connectivity index (χ1) is 6.29. The van der Waals surface area contributed by atoms with Gasteiger partial charge in [-0.25, -0.2) is 4.79 Å². The molecule has 0 aliphatic rings. The van der Waals surface area contributed by atoms with E-state index in [1.54, 1.807) is 0 Å². The second-order valence-corrected chi connectivity index (χ2v) is 2.50. The summed E-state index contributed by atoms with van der Waals surface area (Å²) in [5, 5.41) is 9.90. The molecule has 6 heteroatoms. The lowest BCUT2D eigenvalue weighted by atomic mass is 10.2. The third-order valence-corrected chi connectivity index (χ3v) is 1.62. The van der Waals surface area contributed by atoms with Crippen LogP contribution in [-0.2, 0) is 11.2 Å². The lowest BCUT2D eigenvalue weighted by molar-refractivity contribution is 0.0592. The monoisotopic (exact) mass is 184 g/mol. The smallest absolute Gasteiger partial charge is 0.360 e. The maximum Gasteiger partial charge on any atom is 0.360 e. The lowest BCUT2D eigenvalue weighted by Gasteiger charge is -1.96. The Hall–Kier alpha value is -1.43. The van der Waals surface area contributed by atoms with Crippen molar-refractivity contribution in [3.05, 3.63) is 11.4 Å². The van der Waals surface area contributed by atoms with Crippen LogP contribution in [0.1, 0.15) is 22.6 Å². The van der Waals surface area contributed by atoms with Crippen molar-refractivity contribution < 1.29 is 9.53 Å². The van der Waals surface area contributed by atoms with Gasteiger partial charge in [0.1, 0.15) is 0 Å². The molecule has 3 N–H and O–H groups in total. The SMILES string of the molecule is COC(=O)c1n[nH]nc1CCCN. The average molecular weight is 184 g/mol. The van der Waals surface area contributed by atoms with Gasteiger partial charge in [0.15, 0.2) is 5.69 Å². The number of nitrogens with two attached hydrogens (primary N) is 1. The molecule has 0 unspecified atom stereocenters. The van der Waals surface area contributed by atoms with Crippen LogP contribution >= 0.6 is 0 Å². The molecule has 0 radical (unpaired) electrons. The summed E-state index contributed by atoms with van der Waals surface area (Å²) < 4.78 is 4.52. The van der Waals surface area contributed by atoms with E-state index >= 15 is 0 Å². The Balaban J connectivity index is 2.71. The minimum Gasteiger partial charge on any atom is -0.464 e. The van der Waals surface area contributed by atoms with Crippen molar-refractivity contribution in [3.8, 4) is 0 Å². The molecule has 0 spiro atoms. The highest BCUT2D eigenvalue weighted by atomic mass is 16.5. The largest absolute Gasteiger partial charge is 0.464 e. The van der Waals surface area contributed by atoms with Gasteiger partial charge in [0.25, 0.3) is 0 Å². The minimum absolute atomic E-state index is 0.246. The molecule has 0 aliphatic heterocycles. The highest BCUT2D eigenvalue weighted by molar-refractivity contribution is 5.88. The number of carbonyl (C=O) groups excluding carboxylic acids is 1. The quantitative estimate of drug-likeness (QED) is 0.614. The second-order valence-electron chi connectivity index (χ2n) is 2.50. The summed E-state index contributed by atoms with van der Waals surface area (Å²) in [5.74, 6) is -0.472. The van der Waals surface area contributed by atoms with E-state index in [0.29, 0.717) is 18.7 Å². The van der Waals surface area contributed by atoms with Gasteiger partial charge < -0.3 is 10.5 Å². The molecular formula is C7H12N4O2. The third kappa shape index (κ3) is 2.25. The zero-order valence-electron chi connectivity index (χ0n) is 7.41. The number of hydrogen-bond acceptors (Lipinski definition) is 5. The molecule has 1 rings (SSSR count). The Kier molecular flexibility index (Phi) is 3.39. The summed E-state index contributed by atoms with van der Waals surface area (Å²) in [6.07, 6.45) is 1.41. The Morgan fingerprint density at radius 1 is 1.62 bits per heavy atom. The molecule has 0 amide bonds. The Bertz CT molecular complexity index is 284. The van der Waals surface area contributed by atoms with Gasteiger partial charge in [-0.3, -0.25) is 0 Å². The fraction of sp³-hybridized carbons (Fsp3) is 0.571. The highest BCUT2D eigenvalue weighted by Gasteiger charge is 2.15. The van der Waals surface area contributed by atoms with Crippen LogP contribution in [-0.4, -0.2) is 35.0 Å². The van der Waals surface area contributed by atoms with Gasteiger partial charge in [-0.05, 0) is 19.4 Å². The number of carbonyl (C=O) groups is 1. The van der Waals surface area contributed by atoms with Crippen LogP contribution in [0.5, 0.6) is 0 Å². The molecule has 0 fully saturated rings. The zero-order chi connectivity index (χ0) is 9.68. The van der Waals surface area contributed by atoms with Crippen LogP contribution < -0.4 is 5.73 Å². The van der Waals surface area contributed by atoms with Crippen molar-refractivity contribution >= 4 is 5.97 Å². The molecule has 0 atom stereocenters. The van der Waals surface area contributed by atoms with E-state index in [1.807, 2.05) is 0 Å². The topological polar surface area (TPSA) is 93.9 Å². The first-order valence-electron chi connectivity index (χ1n) is 3.97. The number of H-pyrrole nitrogens is 1. The third-order valence-electron chi connectivity index (χ3n) is 1.62. The molecular weight excluding hydrogens is 172 g/mol. The maximum atomic E-state index is 11.1. The average Bonchev–Trinajstić information content (AvgIpc) is 2.61. The van der Waals surface area contributed by atoms with E-state index in [0.717, 1.165) is 6.42 Å². The molecule has 13 heavy (non-hydrogen) atoms. The van der Waals surface area contributed by atoms with Crippen LogP contribution in [0.2, 0.25) is 0 Å². The van der Waals surface area contributed by atoms with E-state index in [2.05, 4.69) is 20.1 Å². The van der Waals surface area contributed by atoms with Crippen LogP contribution in [0.3, 0.4) is 0 Å². The van der Waals surface area contributed by atoms with Crippen LogP contribution in [0.4, 0.5) is 0 Å². The summed E-state index contributed by atoms with van der Waals surface area (Å²) in [5.41, 5.74) is 6.18. The number of nitrogens with one attached hydrogen (secondary N) is 1. The van der Waals surface area contributed by atoms with Crippen LogP contribution in [0, 0.1) is 0 Å². The molecule has 0 saturated heterocycles. The fourth-order valence-electron chi connectivity index (χ4n) is 0.957. The number of nitrogens with zero attached hydrogens (tertiary/aromatic N) is 2. The molecule has 1 aromatic heterocycles. The first-order valence-corrected chi connectivity index (χ1v) is 3.97. The molecule has 1 heterocycles. The molecule has 0 aliphatic carbocycles. The normalized spacial score (nSPS) is 10.0. The number of aryl methyl sites for hydroxylation is 1. The fourth-order valence-corrected chi connectivity index (χ4v) is 0.957. The van der Waals surface area contributed by atoms with Gasteiger partial charge in [0, 0.05) is 0 Å². The first kappa shape index (κ1) is 9.66. The summed E-state index contributed by atoms with van der Waals surface area (Å²) in [6, 6.07) is 0. The number of aromatic nitrogens is 3. The Labute approximate surface area is 75.5 Å². The maximum absolute atomic E-state index is 11.1. The van der Waals surface area contributed by atoms with Crippen molar-refractivity contribution in [3.63, 3.8) is 0 Å². The molecule has 1 aromatic rings. The number of hydrogen-bond donors (Lipinski definition) is 2. The van der Waals surface area contributed by atoms with Gasteiger partial charge in [-0.15, -0.1) is 5.10 Å². The van der Waals surface area contributed by atoms with E-state index in [9.17, 15) is 4.79 Å². The second kappa shape index (κ2) is 4.56. The van der Waals surface area contributed by atoms with Gasteiger partial charge in [0.2, 0.25) is 0 Å². The number of methoxy groups -OCH3 is 1. The van der Waals surface area contributed by atoms with Gasteiger partial charge in [-0.1, -0.05) is 0 Å². The van der Waals surface area contributed by atoms with Gasteiger partial charge in [-0.2, -0.15) is 10.3 Å². The number of rotatable bonds is 4. The highest BCUT2D eigenvalue weighted by Crippen LogP contribution is 2.04. The van der Waals surface area contributed by atoms with E-state index < -0.39 is 5.97 Å². The predicted octanol–water partition coefficient (Wildman–Crippen LogP) is -0.517. The van der Waals surface area contributed by atoms with E-state index in [4.69, 9.17) is 5.73 Å². The molecule has 72 valence electrons. The number of ether oxygens (including phenoxy) is 1. The van der Waals surface area contributed by atoms with Crippen LogP contribution in [0.15, 0.2) is 0 Å². The summed E-state index contributed by atoms with van der Waals surface area (Å²) in [7, 11) is 1.31. The number of aromatic amines is 1. The Morgan fingerprint density at radius 2 is 2.38 bits per heavy atom. The van der Waals surface area contributed by atoms with Crippen molar-refractivity contribution in [1.29, 1.82) is 0 Å². The molecule has 0 bridgehead atoms. The van der Waals surface area contributed by atoms with Crippen molar-refractivity contribution in [2.45, 2.75) is 12.8 Å². The van der Waals surface area contributed by atoms with Crippen molar-refractivity contribution in [1.82, 2.24) is 15.4 Å². The van der Waals surface area contributed by atoms with E-state index in [-0.39, 0.29) is 5.69 Å². The van der Waals surface area contributed by atoms with Crippen molar-refractivity contribution in [2.75, 3.05) is 13.7 Å². The molecule has 0 saturated carbocycles. The summed E-state index contributed by atoms with van der Waals surface area (Å²) >= 11 is 0. The van der Waals surface area contributed by atoms with Gasteiger partial charge >= 0.3 is 5.97 Å². The van der Waals surface area contributed by atoms with E-state index in [1.165, 1.54) is 7.11 Å². The van der Waals surface area contributed by atoms with Crippen LogP contribution in [0.25, 0.3) is 0 Å². The zero-order valence-corrected chi connectivity index (χ0v) is 7.41. The van der Waals surface area contributed by atoms with Gasteiger partial charge in [0.05, 0.1) is 12.8 Å². The Morgan fingerprint density at radius 3 is 3.00 bits per heavy atom. The standard InChI is InChI=1S/C7H12N4O2/c1-13-7(12)6-5(3-2-4-8)9-11-10-6/h2-4,8H2,1H3,(H,9,10,11). The molecule has 0 aromatic carbocycles. The summed E-state index contributed by atoms with van der Waals surface area (Å²) in [4.78, 5) is 11.1. The lowest BCUT2D eigenvalue weighted by Crippen LogP contribution is -2.07. The minimum atomic E-state index is -0.472.